The van der Waals surface area contributed by atoms with E-state index in [1.807, 2.05) is 14.1 Å². The van der Waals surface area contributed by atoms with Crippen LogP contribution in [0, 0.1) is 10.1 Å². The number of rotatable bonds is 5. The van der Waals surface area contributed by atoms with Gasteiger partial charge in [0.2, 0.25) is 0 Å². The standard InChI is InChI=1S/C13H18ClN3O2/c1-16(2)13(7-4-8-13)9-15-11-6-3-5-10(14)12(11)17(18)19/h3,5-6,15H,4,7-9H2,1-2H3. The van der Waals surface area contributed by atoms with Gasteiger partial charge in [0.05, 0.1) is 4.92 Å². The Morgan fingerprint density at radius 1 is 1.47 bits per heavy atom. The zero-order chi connectivity index (χ0) is 14.0. The van der Waals surface area contributed by atoms with Crippen LogP contribution >= 0.6 is 11.6 Å². The molecule has 1 aromatic rings. The molecule has 0 aromatic heterocycles. The van der Waals surface area contributed by atoms with Crippen LogP contribution in [0.3, 0.4) is 0 Å². The van der Waals surface area contributed by atoms with Crippen LogP contribution in [0.25, 0.3) is 0 Å². The molecule has 2 rings (SSSR count). The molecule has 104 valence electrons. The van der Waals surface area contributed by atoms with Crippen molar-refractivity contribution in [2.24, 2.45) is 0 Å². The van der Waals surface area contributed by atoms with Crippen LogP contribution in [0.15, 0.2) is 18.2 Å². The SMILES string of the molecule is CN(C)C1(CNc2cccc(Cl)c2[N+](=O)[O-])CCC1. The number of halogens is 1. The maximum absolute atomic E-state index is 11.1. The molecule has 1 N–H and O–H groups in total. The first-order chi connectivity index (χ1) is 8.96. The largest absolute Gasteiger partial charge is 0.378 e. The van der Waals surface area contributed by atoms with Crippen LogP contribution in [0.2, 0.25) is 5.02 Å². The van der Waals surface area contributed by atoms with Crippen molar-refractivity contribution in [1.29, 1.82) is 0 Å². The number of nitrogens with zero attached hydrogens (tertiary/aromatic N) is 2. The summed E-state index contributed by atoms with van der Waals surface area (Å²) in [4.78, 5) is 12.8. The van der Waals surface area contributed by atoms with E-state index in [0.29, 0.717) is 12.2 Å². The van der Waals surface area contributed by atoms with Crippen molar-refractivity contribution in [3.8, 4) is 0 Å². The zero-order valence-electron chi connectivity index (χ0n) is 11.1. The number of para-hydroxylation sites is 1. The number of anilines is 1. The van der Waals surface area contributed by atoms with Gasteiger partial charge in [0, 0.05) is 12.1 Å². The summed E-state index contributed by atoms with van der Waals surface area (Å²) in [5.74, 6) is 0. The van der Waals surface area contributed by atoms with E-state index in [4.69, 9.17) is 11.6 Å². The third kappa shape index (κ3) is 2.67. The first-order valence-electron chi connectivity index (χ1n) is 6.30. The molecular weight excluding hydrogens is 266 g/mol. The fraction of sp³-hybridized carbons (Fsp3) is 0.538. The van der Waals surface area contributed by atoms with Gasteiger partial charge < -0.3 is 10.2 Å². The van der Waals surface area contributed by atoms with Gasteiger partial charge in [-0.3, -0.25) is 10.1 Å². The fourth-order valence-electron chi connectivity index (χ4n) is 2.47. The van der Waals surface area contributed by atoms with Gasteiger partial charge in [-0.1, -0.05) is 17.7 Å². The van der Waals surface area contributed by atoms with Crippen LogP contribution < -0.4 is 5.32 Å². The van der Waals surface area contributed by atoms with E-state index in [2.05, 4.69) is 10.2 Å². The molecule has 6 heteroatoms. The first kappa shape index (κ1) is 14.1. The molecule has 1 aliphatic carbocycles. The molecule has 5 nitrogen and oxygen atoms in total. The highest BCUT2D eigenvalue weighted by Gasteiger charge is 2.39. The summed E-state index contributed by atoms with van der Waals surface area (Å²) in [5.41, 5.74) is 0.555. The molecular formula is C13H18ClN3O2. The van der Waals surface area contributed by atoms with Crippen molar-refractivity contribution in [1.82, 2.24) is 4.90 Å². The Hall–Kier alpha value is -1.33. The van der Waals surface area contributed by atoms with Crippen LogP contribution in [0.1, 0.15) is 19.3 Å². The number of nitrogens with one attached hydrogen (secondary N) is 1. The highest BCUT2D eigenvalue weighted by molar-refractivity contribution is 6.33. The smallest absolute Gasteiger partial charge is 0.310 e. The Morgan fingerprint density at radius 3 is 2.63 bits per heavy atom. The molecule has 1 aliphatic rings. The van der Waals surface area contributed by atoms with Crippen molar-refractivity contribution in [2.45, 2.75) is 24.8 Å². The van der Waals surface area contributed by atoms with E-state index in [0.717, 1.165) is 12.8 Å². The highest BCUT2D eigenvalue weighted by atomic mass is 35.5. The Bertz CT molecular complexity index is 487. The summed E-state index contributed by atoms with van der Waals surface area (Å²) in [6.07, 6.45) is 3.43. The third-order valence-corrected chi connectivity index (χ3v) is 4.32. The first-order valence-corrected chi connectivity index (χ1v) is 6.68. The predicted octanol–water partition coefficient (Wildman–Crippen LogP) is 3.14. The number of hydrogen-bond donors (Lipinski definition) is 1. The van der Waals surface area contributed by atoms with Crippen LogP contribution in [0.4, 0.5) is 11.4 Å². The van der Waals surface area contributed by atoms with Crippen molar-refractivity contribution < 1.29 is 4.92 Å². The highest BCUT2D eigenvalue weighted by Crippen LogP contribution is 2.38. The van der Waals surface area contributed by atoms with E-state index in [9.17, 15) is 10.1 Å². The Morgan fingerprint density at radius 2 is 2.16 bits per heavy atom. The summed E-state index contributed by atoms with van der Waals surface area (Å²) in [7, 11) is 4.10. The Balaban J connectivity index is 2.16. The molecule has 0 atom stereocenters. The second kappa shape index (κ2) is 5.35. The third-order valence-electron chi connectivity index (χ3n) is 4.01. The van der Waals surface area contributed by atoms with E-state index < -0.39 is 4.92 Å². The van der Waals surface area contributed by atoms with Crippen LogP contribution in [-0.4, -0.2) is 36.0 Å². The Kier molecular flexibility index (Phi) is 3.96. The topological polar surface area (TPSA) is 58.4 Å². The lowest BCUT2D eigenvalue weighted by Crippen LogP contribution is -2.54. The molecule has 0 heterocycles. The molecule has 0 saturated heterocycles. The average Bonchev–Trinajstić information content (AvgIpc) is 2.26. The van der Waals surface area contributed by atoms with Gasteiger partial charge in [-0.05, 0) is 45.5 Å². The maximum atomic E-state index is 11.1. The second-order valence-corrected chi connectivity index (χ2v) is 5.63. The summed E-state index contributed by atoms with van der Waals surface area (Å²) in [5, 5.41) is 14.4. The van der Waals surface area contributed by atoms with Crippen LogP contribution in [0.5, 0.6) is 0 Å². The van der Waals surface area contributed by atoms with Gasteiger partial charge in [-0.15, -0.1) is 0 Å². The number of hydrogen-bond acceptors (Lipinski definition) is 4. The minimum atomic E-state index is -0.437. The molecule has 0 amide bonds. The summed E-state index contributed by atoms with van der Waals surface area (Å²) >= 11 is 5.89. The number of likely N-dealkylation sites (N-methyl/N-ethyl adjacent to an activating group) is 1. The molecule has 0 bridgehead atoms. The lowest BCUT2D eigenvalue weighted by atomic mass is 9.75. The normalized spacial score (nSPS) is 17.1. The van der Waals surface area contributed by atoms with Gasteiger partial charge in [-0.2, -0.15) is 0 Å². The fourth-order valence-corrected chi connectivity index (χ4v) is 2.71. The van der Waals surface area contributed by atoms with Crippen molar-refractivity contribution in [2.75, 3.05) is 26.0 Å². The summed E-state index contributed by atoms with van der Waals surface area (Å²) < 4.78 is 0. The minimum absolute atomic E-state index is 0.0441. The molecule has 1 saturated carbocycles. The molecule has 0 aliphatic heterocycles. The molecule has 0 radical (unpaired) electrons. The van der Waals surface area contributed by atoms with Crippen LogP contribution in [-0.2, 0) is 0 Å². The monoisotopic (exact) mass is 283 g/mol. The van der Waals surface area contributed by atoms with E-state index in [1.165, 1.54) is 12.5 Å². The van der Waals surface area contributed by atoms with Gasteiger partial charge in [-0.25, -0.2) is 0 Å². The maximum Gasteiger partial charge on any atom is 0.310 e. The quantitative estimate of drug-likeness (QED) is 0.666. The second-order valence-electron chi connectivity index (χ2n) is 5.22. The molecule has 1 fully saturated rings. The zero-order valence-corrected chi connectivity index (χ0v) is 11.9. The molecule has 1 aromatic carbocycles. The lowest BCUT2D eigenvalue weighted by molar-refractivity contribution is -0.383. The molecule has 0 unspecified atom stereocenters. The van der Waals surface area contributed by atoms with Gasteiger partial charge >= 0.3 is 5.69 Å². The van der Waals surface area contributed by atoms with Crippen molar-refractivity contribution in [3.05, 3.63) is 33.3 Å². The molecule has 0 spiro atoms. The van der Waals surface area contributed by atoms with Gasteiger partial charge in [0.1, 0.15) is 10.7 Å². The number of nitro benzene ring substituents is 1. The predicted molar refractivity (Wildman–Crippen MR) is 76.9 cm³/mol. The lowest BCUT2D eigenvalue weighted by Gasteiger charge is -2.47. The Labute approximate surface area is 117 Å². The minimum Gasteiger partial charge on any atom is -0.378 e. The number of nitro groups is 1. The summed E-state index contributed by atoms with van der Waals surface area (Å²) in [6.45, 7) is 0.696. The van der Waals surface area contributed by atoms with E-state index in [1.54, 1.807) is 12.1 Å². The average molecular weight is 284 g/mol. The van der Waals surface area contributed by atoms with E-state index >= 15 is 0 Å². The van der Waals surface area contributed by atoms with Gasteiger partial charge in [0.25, 0.3) is 0 Å². The summed E-state index contributed by atoms with van der Waals surface area (Å²) in [6, 6.07) is 4.96. The van der Waals surface area contributed by atoms with Crippen molar-refractivity contribution >= 4 is 23.0 Å². The molecule has 19 heavy (non-hydrogen) atoms. The van der Waals surface area contributed by atoms with E-state index in [-0.39, 0.29) is 16.2 Å². The van der Waals surface area contributed by atoms with Crippen molar-refractivity contribution in [3.63, 3.8) is 0 Å². The number of benzene rings is 1. The van der Waals surface area contributed by atoms with Gasteiger partial charge in [0.15, 0.2) is 0 Å².